The Hall–Kier alpha value is -1.37. The van der Waals surface area contributed by atoms with Gasteiger partial charge in [-0.25, -0.2) is 0 Å². The van der Waals surface area contributed by atoms with E-state index >= 15 is 0 Å². The van der Waals surface area contributed by atoms with Crippen molar-refractivity contribution in [1.29, 1.82) is 0 Å². The number of aromatic nitrogens is 1. The largest absolute Gasteiger partial charge is 0.253 e. The van der Waals surface area contributed by atoms with Crippen LogP contribution >= 0.6 is 0 Å². The first-order valence-electron chi connectivity index (χ1n) is 4.51. The minimum atomic E-state index is 1.08. The second-order valence-corrected chi connectivity index (χ2v) is 3.61. The van der Waals surface area contributed by atoms with Crippen molar-refractivity contribution >= 4 is 10.9 Å². The van der Waals surface area contributed by atoms with Crippen molar-refractivity contribution in [3.05, 3.63) is 41.1 Å². The van der Waals surface area contributed by atoms with E-state index in [1.807, 2.05) is 6.92 Å². The van der Waals surface area contributed by atoms with Crippen LogP contribution in [0, 0.1) is 20.8 Å². The fourth-order valence-electron chi connectivity index (χ4n) is 1.70. The minimum absolute atomic E-state index is 1.08. The number of nitrogens with zero attached hydrogens (tertiary/aromatic N) is 1. The van der Waals surface area contributed by atoms with Gasteiger partial charge in [0.1, 0.15) is 0 Å². The van der Waals surface area contributed by atoms with Gasteiger partial charge in [-0.3, -0.25) is 4.98 Å². The molecule has 1 heterocycles. The van der Waals surface area contributed by atoms with Gasteiger partial charge in [-0.2, -0.15) is 0 Å². The van der Waals surface area contributed by atoms with Crippen LogP contribution in [-0.2, 0) is 0 Å². The lowest BCUT2D eigenvalue weighted by molar-refractivity contribution is 1.24. The third-order valence-electron chi connectivity index (χ3n) is 2.27. The number of benzene rings is 1. The van der Waals surface area contributed by atoms with Gasteiger partial charge < -0.3 is 0 Å². The van der Waals surface area contributed by atoms with Crippen molar-refractivity contribution < 1.29 is 0 Å². The average Bonchev–Trinajstić information content (AvgIpc) is 2.06. The first kappa shape index (κ1) is 8.24. The summed E-state index contributed by atoms with van der Waals surface area (Å²) in [5, 5.41) is 1.24. The van der Waals surface area contributed by atoms with E-state index in [4.69, 9.17) is 0 Å². The number of pyridine rings is 1. The topological polar surface area (TPSA) is 12.9 Å². The molecule has 0 spiro atoms. The Morgan fingerprint density at radius 1 is 1.00 bits per heavy atom. The van der Waals surface area contributed by atoms with Crippen LogP contribution in [0.1, 0.15) is 16.8 Å². The van der Waals surface area contributed by atoms with E-state index in [-0.39, 0.29) is 0 Å². The van der Waals surface area contributed by atoms with Crippen LogP contribution in [0.25, 0.3) is 10.9 Å². The zero-order valence-corrected chi connectivity index (χ0v) is 8.26. The molecule has 0 saturated heterocycles. The van der Waals surface area contributed by atoms with Gasteiger partial charge in [0.25, 0.3) is 0 Å². The van der Waals surface area contributed by atoms with E-state index in [1.165, 1.54) is 16.5 Å². The van der Waals surface area contributed by atoms with E-state index in [9.17, 15) is 0 Å². The average molecular weight is 171 g/mol. The number of aryl methyl sites for hydroxylation is 3. The molecule has 0 radical (unpaired) electrons. The fraction of sp³-hybridized carbons (Fsp3) is 0.250. The number of hydrogen-bond donors (Lipinski definition) is 0. The van der Waals surface area contributed by atoms with E-state index in [0.29, 0.717) is 0 Å². The summed E-state index contributed by atoms with van der Waals surface area (Å²) in [7, 11) is 0. The van der Waals surface area contributed by atoms with Crippen LogP contribution < -0.4 is 0 Å². The summed E-state index contributed by atoms with van der Waals surface area (Å²) in [4.78, 5) is 4.52. The highest BCUT2D eigenvalue weighted by atomic mass is 14.7. The molecule has 0 aliphatic heterocycles. The highest BCUT2D eigenvalue weighted by Gasteiger charge is 1.99. The van der Waals surface area contributed by atoms with Crippen molar-refractivity contribution in [2.75, 3.05) is 0 Å². The number of hydrogen-bond acceptors (Lipinski definition) is 1. The molecule has 0 amide bonds. The zero-order valence-electron chi connectivity index (χ0n) is 8.26. The maximum absolute atomic E-state index is 4.52. The monoisotopic (exact) mass is 171 g/mol. The molecule has 0 fully saturated rings. The Morgan fingerprint density at radius 3 is 2.54 bits per heavy atom. The fourth-order valence-corrected chi connectivity index (χ4v) is 1.70. The molecule has 0 N–H and O–H groups in total. The van der Waals surface area contributed by atoms with E-state index < -0.39 is 0 Å². The number of fused-ring (bicyclic) bond motifs is 1. The summed E-state index contributed by atoms with van der Waals surface area (Å²) in [6.45, 7) is 6.26. The van der Waals surface area contributed by atoms with Crippen molar-refractivity contribution in [2.24, 2.45) is 0 Å². The molecular formula is C12H13N. The highest BCUT2D eigenvalue weighted by molar-refractivity contribution is 5.82. The zero-order chi connectivity index (χ0) is 9.42. The molecule has 2 rings (SSSR count). The summed E-state index contributed by atoms with van der Waals surface area (Å²) < 4.78 is 0. The van der Waals surface area contributed by atoms with Gasteiger partial charge >= 0.3 is 0 Å². The molecule has 0 saturated carbocycles. The van der Waals surface area contributed by atoms with E-state index in [1.54, 1.807) is 0 Å². The Labute approximate surface area is 78.4 Å². The Kier molecular flexibility index (Phi) is 1.80. The Bertz CT molecular complexity index is 458. The molecule has 0 unspecified atom stereocenters. The molecule has 13 heavy (non-hydrogen) atoms. The molecule has 1 heteroatoms. The first-order valence-corrected chi connectivity index (χ1v) is 4.51. The predicted molar refractivity (Wildman–Crippen MR) is 56.0 cm³/mol. The molecule has 1 aromatic carbocycles. The van der Waals surface area contributed by atoms with Crippen molar-refractivity contribution in [1.82, 2.24) is 4.98 Å². The maximum Gasteiger partial charge on any atom is 0.0734 e. The molecule has 1 aromatic heterocycles. The minimum Gasteiger partial charge on any atom is -0.253 e. The lowest BCUT2D eigenvalue weighted by Crippen LogP contribution is -1.87. The molecule has 66 valence electrons. The van der Waals surface area contributed by atoms with Crippen LogP contribution in [0.3, 0.4) is 0 Å². The van der Waals surface area contributed by atoms with Crippen molar-refractivity contribution in [3.63, 3.8) is 0 Å². The van der Waals surface area contributed by atoms with Gasteiger partial charge in [0.15, 0.2) is 0 Å². The maximum atomic E-state index is 4.52. The van der Waals surface area contributed by atoms with Crippen LogP contribution in [0.5, 0.6) is 0 Å². The summed E-state index contributed by atoms with van der Waals surface area (Å²) in [6, 6.07) is 8.54. The van der Waals surface area contributed by atoms with Gasteiger partial charge in [-0.05, 0) is 38.5 Å². The van der Waals surface area contributed by atoms with Crippen LogP contribution in [-0.4, -0.2) is 4.98 Å². The molecule has 1 nitrogen and oxygen atoms in total. The molecule has 2 aromatic rings. The lowest BCUT2D eigenvalue weighted by atomic mass is 10.1. The second-order valence-electron chi connectivity index (χ2n) is 3.61. The van der Waals surface area contributed by atoms with Crippen molar-refractivity contribution in [2.45, 2.75) is 20.8 Å². The summed E-state index contributed by atoms with van der Waals surface area (Å²) in [6.07, 6.45) is 0. The third-order valence-corrected chi connectivity index (χ3v) is 2.27. The Balaban J connectivity index is 2.87. The Morgan fingerprint density at radius 2 is 1.77 bits per heavy atom. The quantitative estimate of drug-likeness (QED) is 0.593. The van der Waals surface area contributed by atoms with Crippen LogP contribution in [0.2, 0.25) is 0 Å². The summed E-state index contributed by atoms with van der Waals surface area (Å²) in [5.74, 6) is 0. The second kappa shape index (κ2) is 2.84. The SMILES string of the molecule is Cc1cc(C)c2nc(C)ccc2c1. The van der Waals surface area contributed by atoms with Gasteiger partial charge in [-0.1, -0.05) is 17.7 Å². The normalized spacial score (nSPS) is 10.7. The van der Waals surface area contributed by atoms with Gasteiger partial charge in [0.2, 0.25) is 0 Å². The molecule has 0 aliphatic carbocycles. The van der Waals surface area contributed by atoms with E-state index in [2.05, 4.69) is 43.1 Å². The summed E-state index contributed by atoms with van der Waals surface area (Å²) in [5.41, 5.74) is 4.78. The smallest absolute Gasteiger partial charge is 0.0734 e. The molecule has 0 aliphatic rings. The molecule has 0 atom stereocenters. The van der Waals surface area contributed by atoms with Crippen LogP contribution in [0.15, 0.2) is 24.3 Å². The summed E-state index contributed by atoms with van der Waals surface area (Å²) >= 11 is 0. The van der Waals surface area contributed by atoms with Gasteiger partial charge in [0.05, 0.1) is 5.52 Å². The lowest BCUT2D eigenvalue weighted by Gasteiger charge is -2.03. The van der Waals surface area contributed by atoms with Crippen LogP contribution in [0.4, 0.5) is 0 Å². The van der Waals surface area contributed by atoms with Gasteiger partial charge in [-0.15, -0.1) is 0 Å². The molecular weight excluding hydrogens is 158 g/mol. The predicted octanol–water partition coefficient (Wildman–Crippen LogP) is 3.16. The van der Waals surface area contributed by atoms with Gasteiger partial charge in [0, 0.05) is 11.1 Å². The third kappa shape index (κ3) is 1.42. The van der Waals surface area contributed by atoms with Crippen molar-refractivity contribution in [3.8, 4) is 0 Å². The van der Waals surface area contributed by atoms with E-state index in [0.717, 1.165) is 11.2 Å². The standard InChI is InChI=1S/C12H13N/c1-8-6-9(2)12-11(7-8)5-4-10(3)13-12/h4-7H,1-3H3. The first-order chi connectivity index (χ1) is 6.16. The number of rotatable bonds is 0. The highest BCUT2D eigenvalue weighted by Crippen LogP contribution is 2.18. The molecule has 0 bridgehead atoms.